The van der Waals surface area contributed by atoms with Gasteiger partial charge in [0.2, 0.25) is 0 Å². The summed E-state index contributed by atoms with van der Waals surface area (Å²) in [6.07, 6.45) is 0. The number of carbonyl (C=O) groups is 1. The summed E-state index contributed by atoms with van der Waals surface area (Å²) in [5.41, 5.74) is 2.01. The Bertz CT molecular complexity index is 603. The molecule has 1 aromatic rings. The molecule has 1 rings (SSSR count). The van der Waals surface area contributed by atoms with E-state index in [0.29, 0.717) is 11.1 Å². The predicted octanol–water partition coefficient (Wildman–Crippen LogP) is 4.64. The van der Waals surface area contributed by atoms with Crippen LogP contribution in [0, 0.1) is 0 Å². The molecule has 22 heavy (non-hydrogen) atoms. The molecule has 0 aromatic heterocycles. The van der Waals surface area contributed by atoms with Crippen molar-refractivity contribution in [1.82, 2.24) is 0 Å². The quantitative estimate of drug-likeness (QED) is 0.631. The summed E-state index contributed by atoms with van der Waals surface area (Å²) < 4.78 is 0. The number of aromatic hydroxyl groups is 1. The maximum Gasteiger partial charge on any atom is 0.335 e. The Labute approximate surface area is 133 Å². The molecule has 0 fully saturated rings. The van der Waals surface area contributed by atoms with E-state index >= 15 is 0 Å². The minimum Gasteiger partial charge on any atom is -0.507 e. The summed E-state index contributed by atoms with van der Waals surface area (Å²) in [7, 11) is 0. The minimum atomic E-state index is -1.09. The van der Waals surface area contributed by atoms with Gasteiger partial charge in [-0.2, -0.15) is 0 Å². The van der Waals surface area contributed by atoms with Crippen LogP contribution < -0.4 is 0 Å². The standard InChI is InChI=1S/C19H26O3/c1-11(12(2)17(21)22)13-9-14(18(3,4)5)16(20)15(10-13)19(6,7)8/h9-10,20H,1-2H2,3-8H3,(H,21,22). The van der Waals surface area contributed by atoms with Crippen molar-refractivity contribution in [2.45, 2.75) is 52.4 Å². The van der Waals surface area contributed by atoms with E-state index in [2.05, 4.69) is 13.2 Å². The summed E-state index contributed by atoms with van der Waals surface area (Å²) in [6, 6.07) is 3.61. The molecule has 3 heteroatoms. The highest BCUT2D eigenvalue weighted by Crippen LogP contribution is 2.41. The van der Waals surface area contributed by atoms with E-state index in [1.54, 1.807) is 12.1 Å². The number of rotatable bonds is 3. The zero-order valence-corrected chi connectivity index (χ0v) is 14.4. The molecular formula is C19H26O3. The highest BCUT2D eigenvalue weighted by atomic mass is 16.4. The molecular weight excluding hydrogens is 276 g/mol. The van der Waals surface area contributed by atoms with E-state index in [9.17, 15) is 9.90 Å². The fraction of sp³-hybridized carbons (Fsp3) is 0.421. The zero-order chi connectivity index (χ0) is 17.5. The fourth-order valence-corrected chi connectivity index (χ4v) is 2.26. The highest BCUT2D eigenvalue weighted by Gasteiger charge is 2.27. The van der Waals surface area contributed by atoms with Crippen molar-refractivity contribution in [2.24, 2.45) is 0 Å². The fourth-order valence-electron chi connectivity index (χ4n) is 2.26. The number of phenolic OH excluding ortho intramolecular Hbond substituents is 1. The van der Waals surface area contributed by atoms with Gasteiger partial charge in [0.1, 0.15) is 5.75 Å². The van der Waals surface area contributed by atoms with Crippen molar-refractivity contribution < 1.29 is 15.0 Å². The molecule has 2 N–H and O–H groups in total. The molecule has 0 amide bonds. The number of carboxylic acid groups (broad SMARTS) is 1. The maximum absolute atomic E-state index is 11.1. The number of benzene rings is 1. The van der Waals surface area contributed by atoms with Gasteiger partial charge in [-0.05, 0) is 34.1 Å². The second kappa shape index (κ2) is 5.64. The van der Waals surface area contributed by atoms with Crippen LogP contribution in [-0.2, 0) is 15.6 Å². The SMILES string of the molecule is C=C(C(=C)c1cc(C(C)(C)C)c(O)c(C(C)(C)C)c1)C(=O)O. The number of phenols is 1. The molecule has 0 saturated carbocycles. The average Bonchev–Trinajstić information content (AvgIpc) is 2.34. The van der Waals surface area contributed by atoms with Crippen molar-refractivity contribution in [3.8, 4) is 5.75 Å². The number of aliphatic carboxylic acids is 1. The number of hydrogen-bond acceptors (Lipinski definition) is 2. The largest absolute Gasteiger partial charge is 0.507 e. The van der Waals surface area contributed by atoms with Crippen molar-refractivity contribution in [2.75, 3.05) is 0 Å². The van der Waals surface area contributed by atoms with E-state index in [-0.39, 0.29) is 22.2 Å². The predicted molar refractivity (Wildman–Crippen MR) is 91.3 cm³/mol. The molecule has 120 valence electrons. The van der Waals surface area contributed by atoms with Crippen LogP contribution in [0.3, 0.4) is 0 Å². The molecule has 0 radical (unpaired) electrons. The van der Waals surface area contributed by atoms with Gasteiger partial charge < -0.3 is 10.2 Å². The van der Waals surface area contributed by atoms with Gasteiger partial charge in [-0.25, -0.2) is 4.79 Å². The Hall–Kier alpha value is -2.03. The van der Waals surface area contributed by atoms with Gasteiger partial charge in [-0.1, -0.05) is 54.7 Å². The highest BCUT2D eigenvalue weighted by molar-refractivity contribution is 6.04. The summed E-state index contributed by atoms with van der Waals surface area (Å²) in [6.45, 7) is 19.5. The van der Waals surface area contributed by atoms with Gasteiger partial charge in [-0.3, -0.25) is 0 Å². The van der Waals surface area contributed by atoms with Crippen LogP contribution >= 0.6 is 0 Å². The summed E-state index contributed by atoms with van der Waals surface area (Å²) in [5, 5.41) is 19.8. The molecule has 0 spiro atoms. The van der Waals surface area contributed by atoms with Crippen LogP contribution in [0.25, 0.3) is 5.57 Å². The van der Waals surface area contributed by atoms with Crippen molar-refractivity contribution in [3.05, 3.63) is 47.6 Å². The molecule has 0 bridgehead atoms. The van der Waals surface area contributed by atoms with Gasteiger partial charge >= 0.3 is 5.97 Å². The first kappa shape index (κ1) is 18.0. The molecule has 0 atom stereocenters. The van der Waals surface area contributed by atoms with Gasteiger partial charge in [0.05, 0.1) is 5.57 Å². The third-order valence-corrected chi connectivity index (χ3v) is 3.70. The lowest BCUT2D eigenvalue weighted by atomic mass is 9.77. The van der Waals surface area contributed by atoms with Crippen LogP contribution in [-0.4, -0.2) is 16.2 Å². The van der Waals surface area contributed by atoms with Crippen molar-refractivity contribution in [1.29, 1.82) is 0 Å². The lowest BCUT2D eigenvalue weighted by Gasteiger charge is -2.28. The Kier molecular flexibility index (Phi) is 4.62. The normalized spacial score (nSPS) is 12.1. The van der Waals surface area contributed by atoms with Crippen LogP contribution in [0.2, 0.25) is 0 Å². The smallest absolute Gasteiger partial charge is 0.335 e. The van der Waals surface area contributed by atoms with E-state index in [1.165, 1.54) is 0 Å². The Morgan fingerprint density at radius 3 is 1.59 bits per heavy atom. The topological polar surface area (TPSA) is 57.5 Å². The van der Waals surface area contributed by atoms with Crippen molar-refractivity contribution in [3.63, 3.8) is 0 Å². The summed E-state index contributed by atoms with van der Waals surface area (Å²) in [5.74, 6) is -0.829. The van der Waals surface area contributed by atoms with Gasteiger partial charge in [-0.15, -0.1) is 0 Å². The second-order valence-corrected chi connectivity index (χ2v) is 7.68. The zero-order valence-electron chi connectivity index (χ0n) is 14.4. The molecule has 1 aromatic carbocycles. The first-order valence-electron chi connectivity index (χ1n) is 7.26. The third kappa shape index (κ3) is 3.59. The first-order chi connectivity index (χ1) is 9.76. The summed E-state index contributed by atoms with van der Waals surface area (Å²) >= 11 is 0. The lowest BCUT2D eigenvalue weighted by molar-refractivity contribution is -0.132. The molecule has 0 unspecified atom stereocenters. The average molecular weight is 302 g/mol. The minimum absolute atomic E-state index is 0.0367. The maximum atomic E-state index is 11.1. The van der Waals surface area contributed by atoms with Gasteiger partial charge in [0, 0.05) is 11.1 Å². The van der Waals surface area contributed by atoms with E-state index in [0.717, 1.165) is 11.1 Å². The van der Waals surface area contributed by atoms with Gasteiger partial charge in [0.25, 0.3) is 0 Å². The molecule has 0 aliphatic heterocycles. The van der Waals surface area contributed by atoms with E-state index in [4.69, 9.17) is 5.11 Å². The molecule has 0 aliphatic rings. The lowest BCUT2D eigenvalue weighted by Crippen LogP contribution is -2.18. The Morgan fingerprint density at radius 1 is 0.955 bits per heavy atom. The van der Waals surface area contributed by atoms with Gasteiger partial charge in [0.15, 0.2) is 0 Å². The number of hydrogen-bond donors (Lipinski definition) is 2. The second-order valence-electron chi connectivity index (χ2n) is 7.68. The van der Waals surface area contributed by atoms with Crippen LogP contribution in [0.1, 0.15) is 58.2 Å². The van der Waals surface area contributed by atoms with E-state index < -0.39 is 5.97 Å². The Balaban J connectivity index is 3.65. The molecule has 3 nitrogen and oxygen atoms in total. The molecule has 0 saturated heterocycles. The van der Waals surface area contributed by atoms with Crippen LogP contribution in [0.4, 0.5) is 0 Å². The summed E-state index contributed by atoms with van der Waals surface area (Å²) in [4.78, 5) is 11.1. The Morgan fingerprint density at radius 2 is 1.32 bits per heavy atom. The monoisotopic (exact) mass is 302 g/mol. The van der Waals surface area contributed by atoms with Crippen LogP contribution in [0.5, 0.6) is 5.75 Å². The molecule has 0 heterocycles. The first-order valence-corrected chi connectivity index (χ1v) is 7.26. The van der Waals surface area contributed by atoms with Crippen LogP contribution in [0.15, 0.2) is 30.9 Å². The van der Waals surface area contributed by atoms with Crippen molar-refractivity contribution >= 4 is 11.5 Å². The number of carboxylic acids is 1. The molecule has 0 aliphatic carbocycles. The van der Waals surface area contributed by atoms with E-state index in [1.807, 2.05) is 41.5 Å². The third-order valence-electron chi connectivity index (χ3n) is 3.70.